The van der Waals surface area contributed by atoms with Crippen molar-refractivity contribution in [3.05, 3.63) is 92.9 Å². The Kier molecular flexibility index (Phi) is 8.46. The second kappa shape index (κ2) is 11.3. The van der Waals surface area contributed by atoms with Crippen LogP contribution in [0.3, 0.4) is 0 Å². The third-order valence-electron chi connectivity index (χ3n) is 5.20. The maximum Gasteiger partial charge on any atom is 0.266 e. The van der Waals surface area contributed by atoms with E-state index >= 15 is 0 Å². The van der Waals surface area contributed by atoms with Gasteiger partial charge in [0.1, 0.15) is 10.7 Å². The zero-order chi connectivity index (χ0) is 22.2. The second-order valence-electron chi connectivity index (χ2n) is 7.29. The molecule has 0 saturated carbocycles. The van der Waals surface area contributed by atoms with E-state index in [1.807, 2.05) is 36.4 Å². The molecule has 0 amide bonds. The summed E-state index contributed by atoms with van der Waals surface area (Å²) in [6.45, 7) is 3.09. The topological polar surface area (TPSA) is 84.8 Å². The molecule has 3 aromatic rings. The number of hydrogen-bond donors (Lipinski definition) is 2. The minimum atomic E-state index is -0.174. The Morgan fingerprint density at radius 3 is 2.61 bits per heavy atom. The van der Waals surface area contributed by atoms with Crippen LogP contribution in [0.4, 0.5) is 0 Å². The van der Waals surface area contributed by atoms with Gasteiger partial charge in [-0.15, -0.1) is 0 Å². The van der Waals surface area contributed by atoms with Gasteiger partial charge in [0.25, 0.3) is 5.56 Å². The summed E-state index contributed by atoms with van der Waals surface area (Å²) >= 11 is 7.73. The van der Waals surface area contributed by atoms with Crippen LogP contribution in [0.15, 0.2) is 70.4 Å². The van der Waals surface area contributed by atoms with E-state index in [9.17, 15) is 4.79 Å². The van der Waals surface area contributed by atoms with Gasteiger partial charge in [-0.3, -0.25) is 10.2 Å². The van der Waals surface area contributed by atoms with Crippen molar-refractivity contribution < 1.29 is 0 Å². The Labute approximate surface area is 192 Å². The lowest BCUT2D eigenvalue weighted by atomic mass is 9.91. The van der Waals surface area contributed by atoms with E-state index in [0.717, 1.165) is 33.9 Å². The van der Waals surface area contributed by atoms with Gasteiger partial charge >= 0.3 is 0 Å². The molecule has 1 atom stereocenters. The summed E-state index contributed by atoms with van der Waals surface area (Å²) in [6, 6.07) is 19.0. The largest absolute Gasteiger partial charge is 0.330 e. The number of benzene rings is 2. The Morgan fingerprint density at radius 1 is 1.16 bits per heavy atom. The van der Waals surface area contributed by atoms with Crippen LogP contribution < -0.4 is 11.3 Å². The third kappa shape index (κ3) is 6.29. The average Bonchev–Trinajstić information content (AvgIpc) is 2.78. The van der Waals surface area contributed by atoms with E-state index in [-0.39, 0.29) is 11.5 Å². The molecule has 0 bridgehead atoms. The molecule has 0 aliphatic carbocycles. The van der Waals surface area contributed by atoms with E-state index in [1.54, 1.807) is 6.07 Å². The molecule has 7 heteroatoms. The maximum atomic E-state index is 12.4. The lowest BCUT2D eigenvalue weighted by Crippen LogP contribution is -2.25. The zero-order valence-electron chi connectivity index (χ0n) is 17.6. The number of nitrogens with one attached hydrogen (secondary N) is 1. The number of aromatic nitrogens is 2. The lowest BCUT2D eigenvalue weighted by Gasteiger charge is -2.18. The molecular formula is C24H27ClN4OS. The van der Waals surface area contributed by atoms with Gasteiger partial charge in [0, 0.05) is 22.5 Å². The maximum absolute atomic E-state index is 12.4. The van der Waals surface area contributed by atoms with E-state index < -0.39 is 0 Å². The van der Waals surface area contributed by atoms with Gasteiger partial charge in [0.2, 0.25) is 0 Å². The van der Waals surface area contributed by atoms with Gasteiger partial charge in [0.05, 0.1) is 0 Å². The third-order valence-corrected chi connectivity index (χ3v) is 6.47. The fourth-order valence-electron chi connectivity index (χ4n) is 3.45. The summed E-state index contributed by atoms with van der Waals surface area (Å²) in [6.07, 6.45) is 2.41. The van der Waals surface area contributed by atoms with Crippen molar-refractivity contribution in [1.82, 2.24) is 9.78 Å². The Bertz CT molecular complexity index is 1080. The molecule has 0 radical (unpaired) electrons. The van der Waals surface area contributed by atoms with Gasteiger partial charge in [0.15, 0.2) is 0 Å². The van der Waals surface area contributed by atoms with Gasteiger partial charge in [-0.05, 0) is 67.1 Å². The van der Waals surface area contributed by atoms with Crippen LogP contribution in [-0.4, -0.2) is 21.4 Å². The first-order valence-corrected chi connectivity index (χ1v) is 11.6. The zero-order valence-corrected chi connectivity index (χ0v) is 19.1. The molecular weight excluding hydrogens is 428 g/mol. The SMILES string of the molecule is CCc1ccc(C(CCN)CCn2nc(C(=N)Sc3ccccc3)ccc2=O)cc1Cl. The summed E-state index contributed by atoms with van der Waals surface area (Å²) < 4.78 is 1.45. The molecule has 1 unspecified atom stereocenters. The number of nitrogens with two attached hydrogens (primary N) is 1. The van der Waals surface area contributed by atoms with Crippen LogP contribution in [-0.2, 0) is 13.0 Å². The van der Waals surface area contributed by atoms with E-state index in [0.29, 0.717) is 30.2 Å². The minimum absolute atomic E-state index is 0.174. The molecule has 0 saturated heterocycles. The normalized spacial score (nSPS) is 12.0. The molecule has 1 heterocycles. The first-order chi connectivity index (χ1) is 15.0. The monoisotopic (exact) mass is 454 g/mol. The summed E-state index contributed by atoms with van der Waals surface area (Å²) in [5, 5.41) is 13.9. The van der Waals surface area contributed by atoms with Crippen LogP contribution in [0.25, 0.3) is 0 Å². The highest BCUT2D eigenvalue weighted by atomic mass is 35.5. The highest BCUT2D eigenvalue weighted by Gasteiger charge is 2.14. The average molecular weight is 455 g/mol. The summed E-state index contributed by atoms with van der Waals surface area (Å²) in [5.74, 6) is 0.184. The lowest BCUT2D eigenvalue weighted by molar-refractivity contribution is 0.479. The molecule has 3 rings (SSSR count). The molecule has 0 spiro atoms. The predicted octanol–water partition coefficient (Wildman–Crippen LogP) is 5.10. The molecule has 1 aromatic heterocycles. The Hall–Kier alpha value is -2.41. The number of rotatable bonds is 9. The number of hydrogen-bond acceptors (Lipinski definition) is 5. The van der Waals surface area contributed by atoms with Crippen molar-refractivity contribution in [3.8, 4) is 0 Å². The van der Waals surface area contributed by atoms with Crippen LogP contribution >= 0.6 is 23.4 Å². The Balaban J connectivity index is 1.74. The molecule has 0 aliphatic rings. The molecule has 3 N–H and O–H groups in total. The van der Waals surface area contributed by atoms with E-state index in [1.165, 1.54) is 22.5 Å². The van der Waals surface area contributed by atoms with Crippen LogP contribution in [0.5, 0.6) is 0 Å². The summed E-state index contributed by atoms with van der Waals surface area (Å²) in [5.41, 5.74) is 8.41. The predicted molar refractivity (Wildman–Crippen MR) is 129 cm³/mol. The molecule has 0 aliphatic heterocycles. The second-order valence-corrected chi connectivity index (χ2v) is 8.78. The molecule has 162 valence electrons. The Morgan fingerprint density at radius 2 is 1.94 bits per heavy atom. The smallest absolute Gasteiger partial charge is 0.266 e. The summed E-state index contributed by atoms with van der Waals surface area (Å²) in [4.78, 5) is 13.3. The van der Waals surface area contributed by atoms with Crippen molar-refractivity contribution in [1.29, 1.82) is 5.41 Å². The summed E-state index contributed by atoms with van der Waals surface area (Å²) in [7, 11) is 0. The van der Waals surface area contributed by atoms with Crippen molar-refractivity contribution in [3.63, 3.8) is 0 Å². The van der Waals surface area contributed by atoms with Gasteiger partial charge in [-0.1, -0.05) is 60.6 Å². The van der Waals surface area contributed by atoms with E-state index in [2.05, 4.69) is 24.2 Å². The molecule has 31 heavy (non-hydrogen) atoms. The van der Waals surface area contributed by atoms with E-state index in [4.69, 9.17) is 22.7 Å². The molecule has 0 fully saturated rings. The van der Waals surface area contributed by atoms with Gasteiger partial charge in [-0.25, -0.2) is 4.68 Å². The van der Waals surface area contributed by atoms with Crippen LogP contribution in [0, 0.1) is 5.41 Å². The van der Waals surface area contributed by atoms with Crippen LogP contribution in [0.1, 0.15) is 42.5 Å². The highest BCUT2D eigenvalue weighted by Crippen LogP contribution is 2.28. The molecule has 2 aromatic carbocycles. The van der Waals surface area contributed by atoms with Gasteiger partial charge < -0.3 is 5.73 Å². The highest BCUT2D eigenvalue weighted by molar-refractivity contribution is 8.14. The van der Waals surface area contributed by atoms with Gasteiger partial charge in [-0.2, -0.15) is 5.10 Å². The van der Waals surface area contributed by atoms with Crippen molar-refractivity contribution in [2.45, 2.75) is 43.5 Å². The molecule has 5 nitrogen and oxygen atoms in total. The first-order valence-electron chi connectivity index (χ1n) is 10.4. The minimum Gasteiger partial charge on any atom is -0.330 e. The number of nitrogens with zero attached hydrogens (tertiary/aromatic N) is 2. The number of thioether (sulfide) groups is 1. The standard InChI is InChI=1S/C24H27ClN4OS/c1-2-17-8-9-19(16-21(17)25)18(12-14-26)13-15-29-23(30)11-10-22(28-29)24(27)31-20-6-4-3-5-7-20/h3-11,16,18,27H,2,12-15,26H2,1H3. The van der Waals surface area contributed by atoms with Crippen molar-refractivity contribution in [2.24, 2.45) is 5.73 Å². The fraction of sp³-hybridized carbons (Fsp3) is 0.292. The van der Waals surface area contributed by atoms with Crippen molar-refractivity contribution >= 4 is 28.4 Å². The fourth-order valence-corrected chi connectivity index (χ4v) is 4.52. The van der Waals surface area contributed by atoms with Crippen molar-refractivity contribution in [2.75, 3.05) is 6.54 Å². The first kappa shape index (κ1) is 23.3. The van der Waals surface area contributed by atoms with Crippen LogP contribution in [0.2, 0.25) is 5.02 Å². The quantitative estimate of drug-likeness (QED) is 0.267. The number of aryl methyl sites for hydroxylation is 2. The number of halogens is 1.